The normalized spacial score (nSPS) is 10.5. The first-order chi connectivity index (χ1) is 14.9. The Labute approximate surface area is 193 Å². The van der Waals surface area contributed by atoms with Crippen molar-refractivity contribution < 1.29 is 18.7 Å². The van der Waals surface area contributed by atoms with E-state index in [0.29, 0.717) is 28.6 Å². The van der Waals surface area contributed by atoms with Crippen LogP contribution in [-0.2, 0) is 17.9 Å². The lowest BCUT2D eigenvalue weighted by atomic mass is 10.2. The minimum Gasteiger partial charge on any atom is -0.493 e. The third-order valence-corrected chi connectivity index (χ3v) is 5.32. The monoisotopic (exact) mass is 506 g/mol. The number of ether oxygens (including phenoxy) is 2. The Balaban J connectivity index is 1.67. The number of hydrogen-bond acceptors (Lipinski definition) is 4. The van der Waals surface area contributed by atoms with Gasteiger partial charge in [-0.05, 0) is 70.0 Å². The second-order valence-electron chi connectivity index (χ2n) is 6.75. The lowest BCUT2D eigenvalue weighted by Gasteiger charge is -2.16. The summed E-state index contributed by atoms with van der Waals surface area (Å²) in [6, 6.07) is 15.4. The molecule has 0 spiro atoms. The molecule has 31 heavy (non-hydrogen) atoms. The second-order valence-corrected chi connectivity index (χ2v) is 8.01. The molecule has 0 fully saturated rings. The predicted molar refractivity (Wildman–Crippen MR) is 125 cm³/mol. The molecule has 8 heteroatoms. The summed E-state index contributed by atoms with van der Waals surface area (Å²) in [5, 5.41) is 6.37. The average molecular weight is 508 g/mol. The van der Waals surface area contributed by atoms with Crippen molar-refractivity contribution in [1.29, 1.82) is 0 Å². The predicted octanol–water partition coefficient (Wildman–Crippen LogP) is 6.40. The van der Waals surface area contributed by atoms with Gasteiger partial charge in [-0.2, -0.15) is 0 Å². The molecule has 0 aromatic heterocycles. The van der Waals surface area contributed by atoms with Gasteiger partial charge in [0.25, 0.3) is 0 Å². The SMILES string of the molecule is COc1cc(CNc2ccc(NC(C)=O)cc2)cc(Br)c1OCc1ccc(F)cc1Cl. The Bertz CT molecular complexity index is 1080. The summed E-state index contributed by atoms with van der Waals surface area (Å²) in [4.78, 5) is 11.1. The van der Waals surface area contributed by atoms with E-state index in [9.17, 15) is 9.18 Å². The van der Waals surface area contributed by atoms with E-state index in [4.69, 9.17) is 21.1 Å². The topological polar surface area (TPSA) is 59.6 Å². The van der Waals surface area contributed by atoms with E-state index >= 15 is 0 Å². The van der Waals surface area contributed by atoms with Gasteiger partial charge in [0.2, 0.25) is 5.91 Å². The Hall–Kier alpha value is -2.77. The summed E-state index contributed by atoms with van der Waals surface area (Å²) in [6.45, 7) is 2.20. The number of carbonyl (C=O) groups excluding carboxylic acids is 1. The van der Waals surface area contributed by atoms with Crippen LogP contribution in [0.1, 0.15) is 18.1 Å². The van der Waals surface area contributed by atoms with E-state index in [1.54, 1.807) is 13.2 Å². The highest BCUT2D eigenvalue weighted by Gasteiger charge is 2.13. The fourth-order valence-corrected chi connectivity index (χ4v) is 3.71. The molecular weight excluding hydrogens is 487 g/mol. The first-order valence-electron chi connectivity index (χ1n) is 9.40. The van der Waals surface area contributed by atoms with Gasteiger partial charge in [-0.25, -0.2) is 4.39 Å². The van der Waals surface area contributed by atoms with Crippen molar-refractivity contribution in [2.45, 2.75) is 20.1 Å². The lowest BCUT2D eigenvalue weighted by molar-refractivity contribution is -0.114. The molecule has 0 aliphatic heterocycles. The highest BCUT2D eigenvalue weighted by molar-refractivity contribution is 9.10. The van der Waals surface area contributed by atoms with Gasteiger partial charge in [-0.1, -0.05) is 17.7 Å². The number of hydrogen-bond donors (Lipinski definition) is 2. The molecule has 1 amide bonds. The summed E-state index contributed by atoms with van der Waals surface area (Å²) in [7, 11) is 1.57. The third-order valence-electron chi connectivity index (χ3n) is 4.38. The molecule has 5 nitrogen and oxygen atoms in total. The van der Waals surface area contributed by atoms with E-state index in [2.05, 4.69) is 26.6 Å². The number of amides is 1. The number of methoxy groups -OCH3 is 1. The van der Waals surface area contributed by atoms with Crippen LogP contribution in [0.2, 0.25) is 5.02 Å². The zero-order chi connectivity index (χ0) is 22.4. The summed E-state index contributed by atoms with van der Waals surface area (Å²) < 4.78 is 25.3. The fraction of sp³-hybridized carbons (Fsp3) is 0.174. The Kier molecular flexibility index (Phi) is 7.76. The van der Waals surface area contributed by atoms with Crippen LogP contribution >= 0.6 is 27.5 Å². The van der Waals surface area contributed by atoms with Crippen LogP contribution in [0.4, 0.5) is 15.8 Å². The third kappa shape index (κ3) is 6.35. The first-order valence-corrected chi connectivity index (χ1v) is 10.6. The molecule has 3 rings (SSSR count). The molecule has 0 radical (unpaired) electrons. The van der Waals surface area contributed by atoms with Crippen LogP contribution in [0, 0.1) is 5.82 Å². The molecule has 0 bridgehead atoms. The van der Waals surface area contributed by atoms with Crippen LogP contribution in [0.3, 0.4) is 0 Å². The molecule has 0 atom stereocenters. The minimum absolute atomic E-state index is 0.110. The summed E-state index contributed by atoms with van der Waals surface area (Å²) in [5.41, 5.74) is 3.30. The van der Waals surface area contributed by atoms with E-state index in [0.717, 1.165) is 21.4 Å². The zero-order valence-corrected chi connectivity index (χ0v) is 19.3. The van der Waals surface area contributed by atoms with Gasteiger partial charge in [0, 0.05) is 30.4 Å². The van der Waals surface area contributed by atoms with Crippen molar-refractivity contribution >= 4 is 44.8 Å². The van der Waals surface area contributed by atoms with Crippen LogP contribution in [-0.4, -0.2) is 13.0 Å². The Morgan fingerprint density at radius 3 is 2.45 bits per heavy atom. The minimum atomic E-state index is -0.394. The molecule has 0 aliphatic rings. The van der Waals surface area contributed by atoms with Gasteiger partial charge in [-0.15, -0.1) is 0 Å². The fourth-order valence-electron chi connectivity index (χ4n) is 2.88. The van der Waals surface area contributed by atoms with Gasteiger partial charge < -0.3 is 20.1 Å². The standard InChI is InChI=1S/C23H21BrClFN2O3/c1-14(29)28-19-7-5-18(6-8-19)27-12-15-9-20(24)23(22(10-15)30-2)31-13-16-3-4-17(26)11-21(16)25/h3-11,27H,12-13H2,1-2H3,(H,28,29). The van der Waals surface area contributed by atoms with E-state index in [1.165, 1.54) is 19.1 Å². The molecule has 3 aromatic rings. The number of benzene rings is 3. The van der Waals surface area contributed by atoms with Crippen molar-refractivity contribution in [3.8, 4) is 11.5 Å². The number of nitrogens with one attached hydrogen (secondary N) is 2. The highest BCUT2D eigenvalue weighted by atomic mass is 79.9. The summed E-state index contributed by atoms with van der Waals surface area (Å²) >= 11 is 9.61. The van der Waals surface area contributed by atoms with Crippen LogP contribution in [0.25, 0.3) is 0 Å². The van der Waals surface area contributed by atoms with Crippen molar-refractivity contribution in [1.82, 2.24) is 0 Å². The number of rotatable bonds is 8. The summed E-state index contributed by atoms with van der Waals surface area (Å²) in [5.74, 6) is 0.590. The molecule has 162 valence electrons. The van der Waals surface area contributed by atoms with Crippen LogP contribution in [0.15, 0.2) is 59.1 Å². The molecule has 0 aliphatic carbocycles. The molecule has 3 aromatic carbocycles. The van der Waals surface area contributed by atoms with Gasteiger partial charge >= 0.3 is 0 Å². The molecule has 0 saturated heterocycles. The van der Waals surface area contributed by atoms with Crippen LogP contribution < -0.4 is 20.1 Å². The maximum atomic E-state index is 13.2. The quantitative estimate of drug-likeness (QED) is 0.370. The maximum absolute atomic E-state index is 13.2. The van der Waals surface area contributed by atoms with E-state index < -0.39 is 5.82 Å². The Morgan fingerprint density at radius 2 is 1.81 bits per heavy atom. The van der Waals surface area contributed by atoms with E-state index in [-0.39, 0.29) is 12.5 Å². The van der Waals surface area contributed by atoms with Crippen molar-refractivity contribution in [2.24, 2.45) is 0 Å². The zero-order valence-electron chi connectivity index (χ0n) is 17.0. The van der Waals surface area contributed by atoms with Gasteiger partial charge in [0.15, 0.2) is 11.5 Å². The van der Waals surface area contributed by atoms with E-state index in [1.807, 2.05) is 36.4 Å². The molecule has 0 heterocycles. The average Bonchev–Trinajstić information content (AvgIpc) is 2.73. The second kappa shape index (κ2) is 10.5. The Morgan fingerprint density at radius 1 is 1.10 bits per heavy atom. The van der Waals surface area contributed by atoms with Crippen LogP contribution in [0.5, 0.6) is 11.5 Å². The lowest BCUT2D eigenvalue weighted by Crippen LogP contribution is -2.06. The molecule has 0 saturated carbocycles. The van der Waals surface area contributed by atoms with Gasteiger partial charge in [0.1, 0.15) is 12.4 Å². The maximum Gasteiger partial charge on any atom is 0.221 e. The number of carbonyl (C=O) groups is 1. The molecule has 0 unspecified atom stereocenters. The van der Waals surface area contributed by atoms with Crippen molar-refractivity contribution in [3.63, 3.8) is 0 Å². The molecule has 2 N–H and O–H groups in total. The van der Waals surface area contributed by atoms with Crippen molar-refractivity contribution in [3.05, 3.63) is 81.0 Å². The van der Waals surface area contributed by atoms with Crippen molar-refractivity contribution in [2.75, 3.05) is 17.7 Å². The van der Waals surface area contributed by atoms with Gasteiger partial charge in [0.05, 0.1) is 16.6 Å². The smallest absolute Gasteiger partial charge is 0.221 e. The number of halogens is 3. The largest absolute Gasteiger partial charge is 0.493 e. The summed E-state index contributed by atoms with van der Waals surface area (Å²) in [6.07, 6.45) is 0. The number of anilines is 2. The highest BCUT2D eigenvalue weighted by Crippen LogP contribution is 2.37. The molecular formula is C23H21BrClFN2O3. The first kappa shape index (κ1) is 22.9. The van der Waals surface area contributed by atoms with Gasteiger partial charge in [-0.3, -0.25) is 4.79 Å².